The van der Waals surface area contributed by atoms with Crippen molar-refractivity contribution < 1.29 is 9.90 Å². The van der Waals surface area contributed by atoms with E-state index >= 15 is 0 Å². The first-order valence-electron chi connectivity index (χ1n) is 8.33. The summed E-state index contributed by atoms with van der Waals surface area (Å²) in [4.78, 5) is 13.6. The van der Waals surface area contributed by atoms with Crippen LogP contribution in [0.4, 0.5) is 0 Å². The van der Waals surface area contributed by atoms with Crippen LogP contribution in [0.3, 0.4) is 0 Å². The van der Waals surface area contributed by atoms with Gasteiger partial charge in [-0.15, -0.1) is 0 Å². The third-order valence-corrected chi connectivity index (χ3v) is 5.32. The molecular weight excluding hydrogens is 366 g/mol. The molecule has 0 aliphatic carbocycles. The number of hydrogen-bond acceptors (Lipinski definition) is 2. The highest BCUT2D eigenvalue weighted by atomic mass is 79.9. The van der Waals surface area contributed by atoms with Crippen molar-refractivity contribution in [2.24, 2.45) is 5.92 Å². The van der Waals surface area contributed by atoms with Crippen LogP contribution in [0.5, 0.6) is 0 Å². The zero-order valence-corrected chi connectivity index (χ0v) is 15.4. The summed E-state index contributed by atoms with van der Waals surface area (Å²) in [5.74, 6) is -0.866. The highest BCUT2D eigenvalue weighted by molar-refractivity contribution is 9.10. The molecule has 24 heavy (non-hydrogen) atoms. The molecular formula is C20H22BrNO2. The van der Waals surface area contributed by atoms with Gasteiger partial charge in [-0.2, -0.15) is 0 Å². The second kappa shape index (κ2) is 7.49. The van der Waals surface area contributed by atoms with Crippen molar-refractivity contribution in [3.63, 3.8) is 0 Å². The quantitative estimate of drug-likeness (QED) is 0.830. The summed E-state index contributed by atoms with van der Waals surface area (Å²) in [6, 6.07) is 17.2. The molecule has 4 heteroatoms. The Morgan fingerprint density at radius 3 is 2.38 bits per heavy atom. The first-order valence-corrected chi connectivity index (χ1v) is 9.13. The molecule has 0 radical (unpaired) electrons. The number of carboxylic acid groups (broad SMARTS) is 1. The van der Waals surface area contributed by atoms with Crippen LogP contribution in [0.25, 0.3) is 0 Å². The van der Waals surface area contributed by atoms with Gasteiger partial charge in [0.2, 0.25) is 0 Å². The fourth-order valence-electron chi connectivity index (χ4n) is 3.50. The van der Waals surface area contributed by atoms with E-state index in [9.17, 15) is 9.90 Å². The molecule has 1 N–H and O–H groups in total. The van der Waals surface area contributed by atoms with Crippen molar-refractivity contribution in [1.82, 2.24) is 4.90 Å². The largest absolute Gasteiger partial charge is 0.481 e. The Kier molecular flexibility index (Phi) is 5.36. The monoisotopic (exact) mass is 387 g/mol. The minimum Gasteiger partial charge on any atom is -0.481 e. The summed E-state index contributed by atoms with van der Waals surface area (Å²) in [6.45, 7) is 3.73. The SMILES string of the molecule is Cc1cccc(C(c2ccc(Br)cc2)N2CCC(C(=O)O)CC2)c1. The predicted octanol–water partition coefficient (Wildman–Crippen LogP) is 4.64. The standard InChI is InChI=1S/C20H22BrNO2/c1-14-3-2-4-17(13-14)19(15-5-7-18(21)8-6-15)22-11-9-16(10-12-22)20(23)24/h2-8,13,16,19H,9-12H2,1H3,(H,23,24). The molecule has 0 aromatic heterocycles. The molecule has 0 bridgehead atoms. The number of carbonyl (C=O) groups is 1. The molecule has 1 aliphatic heterocycles. The molecule has 0 spiro atoms. The van der Waals surface area contributed by atoms with Gasteiger partial charge in [0.15, 0.2) is 0 Å². The lowest BCUT2D eigenvalue weighted by atomic mass is 9.91. The topological polar surface area (TPSA) is 40.5 Å². The number of likely N-dealkylation sites (tertiary alicyclic amines) is 1. The summed E-state index contributed by atoms with van der Waals surface area (Å²) in [6.07, 6.45) is 1.43. The first kappa shape index (κ1) is 17.2. The second-order valence-corrected chi connectivity index (χ2v) is 7.43. The van der Waals surface area contributed by atoms with Crippen molar-refractivity contribution in [3.8, 4) is 0 Å². The van der Waals surface area contributed by atoms with E-state index in [4.69, 9.17) is 0 Å². The van der Waals surface area contributed by atoms with Gasteiger partial charge in [0.25, 0.3) is 0 Å². The number of aryl methyl sites for hydroxylation is 1. The fourth-order valence-corrected chi connectivity index (χ4v) is 3.77. The van der Waals surface area contributed by atoms with Crippen LogP contribution in [0.2, 0.25) is 0 Å². The molecule has 1 heterocycles. The van der Waals surface area contributed by atoms with Crippen LogP contribution in [0.1, 0.15) is 35.6 Å². The van der Waals surface area contributed by atoms with Gasteiger partial charge >= 0.3 is 5.97 Å². The molecule has 1 fully saturated rings. The van der Waals surface area contributed by atoms with Gasteiger partial charge in [-0.3, -0.25) is 9.69 Å². The van der Waals surface area contributed by atoms with Crippen LogP contribution in [-0.4, -0.2) is 29.1 Å². The van der Waals surface area contributed by atoms with E-state index in [1.54, 1.807) is 0 Å². The molecule has 3 nitrogen and oxygen atoms in total. The number of benzene rings is 2. The van der Waals surface area contributed by atoms with E-state index in [0.29, 0.717) is 12.8 Å². The van der Waals surface area contributed by atoms with Crippen LogP contribution in [0.15, 0.2) is 53.0 Å². The Morgan fingerprint density at radius 2 is 1.79 bits per heavy atom. The normalized spacial score (nSPS) is 17.6. The number of piperidine rings is 1. The minimum atomic E-state index is -0.662. The summed E-state index contributed by atoms with van der Waals surface area (Å²) >= 11 is 3.50. The third kappa shape index (κ3) is 3.87. The Labute approximate surface area is 151 Å². The van der Waals surface area contributed by atoms with Crippen molar-refractivity contribution >= 4 is 21.9 Å². The number of rotatable bonds is 4. The van der Waals surface area contributed by atoms with Crippen molar-refractivity contribution in [1.29, 1.82) is 0 Å². The van der Waals surface area contributed by atoms with Crippen LogP contribution >= 0.6 is 15.9 Å². The lowest BCUT2D eigenvalue weighted by Gasteiger charge is -2.37. The Morgan fingerprint density at radius 1 is 1.12 bits per heavy atom. The summed E-state index contributed by atoms with van der Waals surface area (Å²) < 4.78 is 1.07. The van der Waals surface area contributed by atoms with E-state index in [-0.39, 0.29) is 12.0 Å². The highest BCUT2D eigenvalue weighted by Gasteiger charge is 2.30. The molecule has 2 aromatic carbocycles. The average Bonchev–Trinajstić information content (AvgIpc) is 2.57. The van der Waals surface area contributed by atoms with E-state index in [2.05, 4.69) is 76.3 Å². The third-order valence-electron chi connectivity index (χ3n) is 4.79. The van der Waals surface area contributed by atoms with Gasteiger partial charge in [0.1, 0.15) is 0 Å². The Balaban J connectivity index is 1.91. The minimum absolute atomic E-state index is 0.174. The number of halogens is 1. The lowest BCUT2D eigenvalue weighted by Crippen LogP contribution is -2.39. The maximum Gasteiger partial charge on any atom is 0.306 e. The van der Waals surface area contributed by atoms with E-state index < -0.39 is 5.97 Å². The van der Waals surface area contributed by atoms with Gasteiger partial charge in [-0.1, -0.05) is 57.9 Å². The number of aliphatic carboxylic acids is 1. The van der Waals surface area contributed by atoms with Crippen LogP contribution < -0.4 is 0 Å². The molecule has 1 unspecified atom stereocenters. The second-order valence-electron chi connectivity index (χ2n) is 6.52. The smallest absolute Gasteiger partial charge is 0.306 e. The molecule has 1 saturated heterocycles. The number of nitrogens with zero attached hydrogens (tertiary/aromatic N) is 1. The van der Waals surface area contributed by atoms with Gasteiger partial charge in [-0.05, 0) is 56.1 Å². The van der Waals surface area contributed by atoms with Gasteiger partial charge in [0, 0.05) is 4.47 Å². The molecule has 1 aliphatic rings. The van der Waals surface area contributed by atoms with Crippen LogP contribution in [-0.2, 0) is 4.79 Å². The van der Waals surface area contributed by atoms with Gasteiger partial charge < -0.3 is 5.11 Å². The van der Waals surface area contributed by atoms with Gasteiger partial charge in [-0.25, -0.2) is 0 Å². The zero-order chi connectivity index (χ0) is 17.1. The molecule has 1 atom stereocenters. The van der Waals surface area contributed by atoms with Crippen LogP contribution in [0, 0.1) is 12.8 Å². The van der Waals surface area contributed by atoms with Crippen molar-refractivity contribution in [2.75, 3.05) is 13.1 Å². The van der Waals surface area contributed by atoms with Crippen molar-refractivity contribution in [2.45, 2.75) is 25.8 Å². The summed E-state index contributed by atoms with van der Waals surface area (Å²) in [5.41, 5.74) is 3.76. The summed E-state index contributed by atoms with van der Waals surface area (Å²) in [5, 5.41) is 9.24. The molecule has 3 rings (SSSR count). The molecule has 126 valence electrons. The lowest BCUT2D eigenvalue weighted by molar-refractivity contribution is -0.143. The maximum atomic E-state index is 11.2. The fraction of sp³-hybridized carbons (Fsp3) is 0.350. The van der Waals surface area contributed by atoms with E-state index in [1.165, 1.54) is 16.7 Å². The zero-order valence-electron chi connectivity index (χ0n) is 13.8. The molecule has 0 amide bonds. The maximum absolute atomic E-state index is 11.2. The average molecular weight is 388 g/mol. The molecule has 0 saturated carbocycles. The van der Waals surface area contributed by atoms with Gasteiger partial charge in [0.05, 0.1) is 12.0 Å². The highest BCUT2D eigenvalue weighted by Crippen LogP contribution is 2.33. The number of carboxylic acids is 1. The molecule has 2 aromatic rings. The predicted molar refractivity (Wildman–Crippen MR) is 99.1 cm³/mol. The summed E-state index contributed by atoms with van der Waals surface area (Å²) in [7, 11) is 0. The number of hydrogen-bond donors (Lipinski definition) is 1. The van der Waals surface area contributed by atoms with E-state index in [1.807, 2.05) is 0 Å². The Hall–Kier alpha value is -1.65. The van der Waals surface area contributed by atoms with E-state index in [0.717, 1.165) is 17.6 Å². The first-order chi connectivity index (χ1) is 11.5. The Bertz CT molecular complexity index is 706. The van der Waals surface area contributed by atoms with Crippen molar-refractivity contribution in [3.05, 3.63) is 69.7 Å².